The molecule has 0 spiro atoms. The lowest BCUT2D eigenvalue weighted by Crippen LogP contribution is -2.34. The van der Waals surface area contributed by atoms with E-state index >= 15 is 0 Å². The first-order valence-corrected chi connectivity index (χ1v) is 8.86. The first kappa shape index (κ1) is 18.2. The van der Waals surface area contributed by atoms with Crippen molar-refractivity contribution in [3.8, 4) is 0 Å². The van der Waals surface area contributed by atoms with Crippen LogP contribution in [0.2, 0.25) is 0 Å². The van der Waals surface area contributed by atoms with Crippen LogP contribution in [0.15, 0.2) is 64.1 Å². The van der Waals surface area contributed by atoms with Crippen molar-refractivity contribution >= 4 is 39.6 Å². The summed E-state index contributed by atoms with van der Waals surface area (Å²) in [6.45, 7) is 1.08. The largest absolute Gasteiger partial charge is 0.298 e. The molecule has 26 heavy (non-hydrogen) atoms. The molecule has 0 N–H and O–H groups in total. The van der Waals surface area contributed by atoms with Gasteiger partial charge in [0.25, 0.3) is 5.69 Å². The molecular formula is C20H17BrN2O3. The van der Waals surface area contributed by atoms with Gasteiger partial charge in [-0.2, -0.15) is 0 Å². The average Bonchev–Trinajstić information content (AvgIpc) is 2.61. The summed E-state index contributed by atoms with van der Waals surface area (Å²) in [5.74, 6) is -0.0162. The molecule has 6 heteroatoms. The molecule has 2 aromatic carbocycles. The predicted octanol–water partition coefficient (Wildman–Crippen LogP) is 4.34. The third-order valence-electron chi connectivity index (χ3n) is 4.10. The highest BCUT2D eigenvalue weighted by Gasteiger charge is 2.24. The van der Waals surface area contributed by atoms with Gasteiger partial charge in [0, 0.05) is 40.8 Å². The van der Waals surface area contributed by atoms with E-state index in [0.29, 0.717) is 29.8 Å². The van der Waals surface area contributed by atoms with Crippen molar-refractivity contribution in [3.63, 3.8) is 0 Å². The molecular weight excluding hydrogens is 396 g/mol. The quantitative estimate of drug-likeness (QED) is 0.427. The topological polar surface area (TPSA) is 63.5 Å². The molecule has 1 aliphatic heterocycles. The van der Waals surface area contributed by atoms with Gasteiger partial charge in [0.05, 0.1) is 4.92 Å². The summed E-state index contributed by atoms with van der Waals surface area (Å²) in [5, 5.41) is 10.9. The van der Waals surface area contributed by atoms with Gasteiger partial charge in [-0.1, -0.05) is 40.2 Å². The molecule has 1 aliphatic rings. The molecule has 3 rings (SSSR count). The van der Waals surface area contributed by atoms with E-state index < -0.39 is 4.92 Å². The van der Waals surface area contributed by atoms with E-state index in [-0.39, 0.29) is 11.5 Å². The zero-order chi connectivity index (χ0) is 18.7. The standard InChI is InChI=1S/C20H17BrN2O3/c1-22-12-16(9-14-5-7-18(21)8-6-14)20(24)17(13-22)10-15-3-2-4-19(11-15)23(25)26/h2-11H,12-13H2,1H3/b16-9+,17-10+. The van der Waals surface area contributed by atoms with Crippen LogP contribution in [0.3, 0.4) is 0 Å². The Morgan fingerprint density at radius 1 is 1.04 bits per heavy atom. The summed E-state index contributed by atoms with van der Waals surface area (Å²) in [5.41, 5.74) is 2.96. The number of halogens is 1. The van der Waals surface area contributed by atoms with Crippen LogP contribution in [0.5, 0.6) is 0 Å². The van der Waals surface area contributed by atoms with E-state index in [2.05, 4.69) is 20.8 Å². The number of hydrogen-bond donors (Lipinski definition) is 0. The number of nitro groups is 1. The first-order valence-electron chi connectivity index (χ1n) is 8.07. The van der Waals surface area contributed by atoms with Crippen LogP contribution in [-0.4, -0.2) is 35.7 Å². The molecule has 0 radical (unpaired) electrons. The van der Waals surface area contributed by atoms with E-state index in [0.717, 1.165) is 10.0 Å². The molecule has 1 fully saturated rings. The molecule has 0 atom stereocenters. The van der Waals surface area contributed by atoms with Crippen LogP contribution in [0.25, 0.3) is 12.2 Å². The van der Waals surface area contributed by atoms with Crippen LogP contribution < -0.4 is 0 Å². The summed E-state index contributed by atoms with van der Waals surface area (Å²) in [6, 6.07) is 14.1. The molecule has 0 aromatic heterocycles. The molecule has 132 valence electrons. The Balaban J connectivity index is 1.93. The maximum absolute atomic E-state index is 12.9. The smallest absolute Gasteiger partial charge is 0.270 e. The summed E-state index contributed by atoms with van der Waals surface area (Å²) in [4.78, 5) is 25.4. The van der Waals surface area contributed by atoms with Crippen molar-refractivity contribution in [2.45, 2.75) is 0 Å². The van der Waals surface area contributed by atoms with E-state index in [1.807, 2.05) is 37.4 Å². The molecule has 5 nitrogen and oxygen atoms in total. The second-order valence-corrected chi connectivity index (χ2v) is 7.16. The minimum Gasteiger partial charge on any atom is -0.298 e. The molecule has 0 unspecified atom stereocenters. The highest BCUT2D eigenvalue weighted by molar-refractivity contribution is 9.10. The number of hydrogen-bond acceptors (Lipinski definition) is 4. The maximum Gasteiger partial charge on any atom is 0.270 e. The molecule has 0 bridgehead atoms. The second-order valence-electron chi connectivity index (χ2n) is 6.24. The van der Waals surface area contributed by atoms with Gasteiger partial charge in [-0.3, -0.25) is 19.8 Å². The third kappa shape index (κ3) is 4.33. The van der Waals surface area contributed by atoms with Gasteiger partial charge in [-0.25, -0.2) is 0 Å². The fourth-order valence-corrected chi connectivity index (χ4v) is 3.16. The minimum atomic E-state index is -0.435. The van der Waals surface area contributed by atoms with Gasteiger partial charge in [0.1, 0.15) is 0 Å². The molecule has 0 amide bonds. The number of carbonyl (C=O) groups is 1. The summed E-state index contributed by atoms with van der Waals surface area (Å²) >= 11 is 3.40. The normalized spacial score (nSPS) is 18.5. The Kier molecular flexibility index (Phi) is 5.44. The zero-order valence-corrected chi connectivity index (χ0v) is 15.8. The van der Waals surface area contributed by atoms with Crippen molar-refractivity contribution in [2.24, 2.45) is 0 Å². The Labute approximate surface area is 159 Å². The van der Waals surface area contributed by atoms with Crippen LogP contribution in [0, 0.1) is 10.1 Å². The van der Waals surface area contributed by atoms with E-state index in [9.17, 15) is 14.9 Å². The lowest BCUT2D eigenvalue weighted by molar-refractivity contribution is -0.384. The van der Waals surface area contributed by atoms with Crippen LogP contribution in [0.1, 0.15) is 11.1 Å². The van der Waals surface area contributed by atoms with E-state index in [4.69, 9.17) is 0 Å². The van der Waals surface area contributed by atoms with Gasteiger partial charge in [-0.05, 0) is 42.5 Å². The number of nitrogens with zero attached hydrogens (tertiary/aromatic N) is 2. The number of carbonyl (C=O) groups excluding carboxylic acids is 1. The van der Waals surface area contributed by atoms with Crippen LogP contribution >= 0.6 is 15.9 Å². The summed E-state index contributed by atoms with van der Waals surface area (Å²) in [7, 11) is 1.95. The van der Waals surface area contributed by atoms with Crippen molar-refractivity contribution in [3.05, 3.63) is 85.4 Å². The molecule has 1 saturated heterocycles. The number of likely N-dealkylation sites (N-methyl/N-ethyl adjacent to an activating group) is 1. The Morgan fingerprint density at radius 2 is 1.65 bits per heavy atom. The highest BCUT2D eigenvalue weighted by atomic mass is 79.9. The second kappa shape index (κ2) is 7.76. The van der Waals surface area contributed by atoms with Gasteiger partial charge < -0.3 is 0 Å². The highest BCUT2D eigenvalue weighted by Crippen LogP contribution is 2.23. The van der Waals surface area contributed by atoms with Crippen molar-refractivity contribution in [1.82, 2.24) is 4.90 Å². The molecule has 0 aliphatic carbocycles. The van der Waals surface area contributed by atoms with Crippen LogP contribution in [-0.2, 0) is 4.79 Å². The molecule has 1 heterocycles. The van der Waals surface area contributed by atoms with Gasteiger partial charge >= 0.3 is 0 Å². The van der Waals surface area contributed by atoms with Gasteiger partial charge in [0.2, 0.25) is 0 Å². The number of non-ortho nitro benzene ring substituents is 1. The number of nitro benzene ring substituents is 1. The Morgan fingerprint density at radius 3 is 2.27 bits per heavy atom. The number of benzene rings is 2. The Bertz CT molecular complexity index is 917. The lowest BCUT2D eigenvalue weighted by atomic mass is 9.94. The number of Topliss-reactive ketones (excluding diaryl/α,β-unsaturated/α-hetero) is 1. The Hall–Kier alpha value is -2.57. The number of ketones is 1. The maximum atomic E-state index is 12.9. The fourth-order valence-electron chi connectivity index (χ4n) is 2.90. The van der Waals surface area contributed by atoms with Gasteiger partial charge in [-0.15, -0.1) is 0 Å². The third-order valence-corrected chi connectivity index (χ3v) is 4.63. The number of likely N-dealkylation sites (tertiary alicyclic amines) is 1. The van der Waals surface area contributed by atoms with Crippen molar-refractivity contribution in [1.29, 1.82) is 0 Å². The monoisotopic (exact) mass is 412 g/mol. The minimum absolute atomic E-state index is 0.0154. The van der Waals surface area contributed by atoms with E-state index in [1.165, 1.54) is 12.1 Å². The predicted molar refractivity (Wildman–Crippen MR) is 106 cm³/mol. The zero-order valence-electron chi connectivity index (χ0n) is 14.2. The fraction of sp³-hybridized carbons (Fsp3) is 0.150. The average molecular weight is 413 g/mol. The first-order chi connectivity index (χ1) is 12.4. The molecule has 2 aromatic rings. The number of piperidine rings is 1. The van der Waals surface area contributed by atoms with Gasteiger partial charge in [0.15, 0.2) is 5.78 Å². The van der Waals surface area contributed by atoms with E-state index in [1.54, 1.807) is 18.2 Å². The summed E-state index contributed by atoms with van der Waals surface area (Å²) in [6.07, 6.45) is 3.63. The van der Waals surface area contributed by atoms with Crippen molar-refractivity contribution in [2.75, 3.05) is 20.1 Å². The number of rotatable bonds is 3. The van der Waals surface area contributed by atoms with Crippen molar-refractivity contribution < 1.29 is 9.72 Å². The molecule has 0 saturated carbocycles. The lowest BCUT2D eigenvalue weighted by Gasteiger charge is -2.26. The summed E-state index contributed by atoms with van der Waals surface area (Å²) < 4.78 is 0.984. The van der Waals surface area contributed by atoms with Crippen LogP contribution in [0.4, 0.5) is 5.69 Å². The SMILES string of the molecule is CN1C/C(=C\c2ccc(Br)cc2)C(=O)/C(=C/c2cccc([N+](=O)[O-])c2)C1.